The van der Waals surface area contributed by atoms with Crippen molar-refractivity contribution in [3.63, 3.8) is 0 Å². The van der Waals surface area contributed by atoms with Gasteiger partial charge < -0.3 is 9.64 Å². The number of amides is 3. The summed E-state index contributed by atoms with van der Waals surface area (Å²) in [6.45, 7) is 1.16. The van der Waals surface area contributed by atoms with Crippen molar-refractivity contribution in [2.45, 2.75) is 47.1 Å². The monoisotopic (exact) mass is 815 g/mol. The molecule has 13 nitrogen and oxygen atoms in total. The van der Waals surface area contributed by atoms with Crippen LogP contribution in [0.5, 0.6) is 0 Å². The van der Waals surface area contributed by atoms with E-state index in [4.69, 9.17) is 16.3 Å². The largest absolute Gasteiger partial charge is 0.346 e. The molecular formula is C40H38ClN5O8S2. The van der Waals surface area contributed by atoms with Gasteiger partial charge in [0, 0.05) is 36.5 Å². The molecule has 16 heteroatoms. The van der Waals surface area contributed by atoms with Crippen molar-refractivity contribution in [2.24, 2.45) is 11.3 Å². The molecule has 56 heavy (non-hydrogen) atoms. The minimum atomic E-state index is -4.80. The Kier molecular flexibility index (Phi) is 8.72. The highest BCUT2D eigenvalue weighted by Crippen LogP contribution is 2.53. The lowest BCUT2D eigenvalue weighted by Crippen LogP contribution is -2.65. The van der Waals surface area contributed by atoms with Gasteiger partial charge in [0.15, 0.2) is 10.8 Å². The topological polar surface area (TPSA) is 155 Å². The van der Waals surface area contributed by atoms with Gasteiger partial charge in [-0.3, -0.25) is 24.6 Å². The van der Waals surface area contributed by atoms with Crippen molar-refractivity contribution in [1.29, 1.82) is 0 Å². The minimum Gasteiger partial charge on any atom is -0.346 e. The van der Waals surface area contributed by atoms with E-state index in [-0.39, 0.29) is 33.8 Å². The van der Waals surface area contributed by atoms with Crippen molar-refractivity contribution >= 4 is 60.3 Å². The summed E-state index contributed by atoms with van der Waals surface area (Å²) >= 11 is 6.30. The fraction of sp³-hybridized carbons (Fsp3) is 0.325. The first-order valence-corrected chi connectivity index (χ1v) is 21.6. The fourth-order valence-corrected chi connectivity index (χ4v) is 12.8. The summed E-state index contributed by atoms with van der Waals surface area (Å²) in [6, 6.07) is 23.2. The molecule has 1 spiro atoms. The second-order valence-corrected chi connectivity index (χ2v) is 19.4. The molecule has 0 saturated carbocycles. The maximum Gasteiger partial charge on any atom is 0.269 e. The standard InChI is InChI=1S/C40H38ClN5O8S2/c41-30-14-15-33-29(21-30)22-35(46(33)55(50,51)31-11-5-2-6-12-31)56(52,53)44-24-34(47)45-26-38(17-19-43(20-18-38)23-28-9-3-1-4-10-28)54-40(45,27-44)25-39-16-8-7-13-32(39)36(48)42-37(39)49/h1-16,21-22,32H,17-20,23-27H2,(H,42,48,49). The molecule has 5 aliphatic rings. The molecule has 1 aromatic heterocycles. The Morgan fingerprint density at radius 1 is 0.839 bits per heavy atom. The highest BCUT2D eigenvalue weighted by Gasteiger charge is 2.66. The number of fused-ring (bicyclic) bond motifs is 3. The van der Waals surface area contributed by atoms with Crippen LogP contribution in [0.15, 0.2) is 119 Å². The Hall–Kier alpha value is -4.64. The maximum atomic E-state index is 15.1. The number of carbonyl (C=O) groups is 3. The van der Waals surface area contributed by atoms with Gasteiger partial charge in [0.05, 0.1) is 47.0 Å². The van der Waals surface area contributed by atoms with Crippen molar-refractivity contribution in [2.75, 3.05) is 32.7 Å². The molecule has 290 valence electrons. The molecule has 5 heterocycles. The van der Waals surface area contributed by atoms with Crippen LogP contribution >= 0.6 is 11.6 Å². The number of piperazine rings is 1. The fourth-order valence-electron chi connectivity index (χ4n) is 9.12. The van der Waals surface area contributed by atoms with Gasteiger partial charge >= 0.3 is 0 Å². The predicted octanol–water partition coefficient (Wildman–Crippen LogP) is 3.90. The number of allylic oxidation sites excluding steroid dienone is 2. The average molecular weight is 816 g/mol. The molecule has 0 bridgehead atoms. The van der Waals surface area contributed by atoms with Crippen molar-refractivity contribution in [3.05, 3.63) is 120 Å². The van der Waals surface area contributed by atoms with E-state index in [2.05, 4.69) is 22.3 Å². The summed E-state index contributed by atoms with van der Waals surface area (Å²) < 4.78 is 67.6. The number of halogens is 1. The number of imide groups is 1. The zero-order valence-corrected chi connectivity index (χ0v) is 32.5. The van der Waals surface area contributed by atoms with E-state index in [9.17, 15) is 22.8 Å². The van der Waals surface area contributed by atoms with E-state index in [0.717, 1.165) is 20.4 Å². The highest BCUT2D eigenvalue weighted by molar-refractivity contribution is 7.92. The summed E-state index contributed by atoms with van der Waals surface area (Å²) in [5.74, 6) is -2.54. The van der Waals surface area contributed by atoms with Crippen LogP contribution in [-0.2, 0) is 45.7 Å². The van der Waals surface area contributed by atoms with Gasteiger partial charge in [0.25, 0.3) is 20.0 Å². The van der Waals surface area contributed by atoms with Crippen LogP contribution in [0, 0.1) is 11.3 Å². The van der Waals surface area contributed by atoms with Crippen LogP contribution in [0.25, 0.3) is 10.9 Å². The minimum absolute atomic E-state index is 0.0804. The molecular weight excluding hydrogens is 778 g/mol. The van der Waals surface area contributed by atoms with Gasteiger partial charge in [-0.2, -0.15) is 4.31 Å². The summed E-state index contributed by atoms with van der Waals surface area (Å²) in [5.41, 5.74) is -2.80. The molecule has 4 fully saturated rings. The number of nitrogens with zero attached hydrogens (tertiary/aromatic N) is 4. The summed E-state index contributed by atoms with van der Waals surface area (Å²) in [6.07, 6.45) is 7.45. The van der Waals surface area contributed by atoms with E-state index in [1.807, 2.05) is 18.2 Å². The normalized spacial score (nSPS) is 26.6. The van der Waals surface area contributed by atoms with Crippen LogP contribution < -0.4 is 5.32 Å². The maximum absolute atomic E-state index is 15.1. The van der Waals surface area contributed by atoms with E-state index in [0.29, 0.717) is 25.9 Å². The number of piperidine rings is 1. The first kappa shape index (κ1) is 37.0. The van der Waals surface area contributed by atoms with Gasteiger partial charge in [0.2, 0.25) is 17.7 Å². The van der Waals surface area contributed by atoms with Gasteiger partial charge in [0.1, 0.15) is 0 Å². The molecule has 3 atom stereocenters. The van der Waals surface area contributed by atoms with Gasteiger partial charge in [-0.15, -0.1) is 0 Å². The summed E-state index contributed by atoms with van der Waals surface area (Å²) in [5, 5.41) is 2.39. The Balaban J connectivity index is 1.13. The highest BCUT2D eigenvalue weighted by atomic mass is 35.5. The van der Waals surface area contributed by atoms with Gasteiger partial charge in [-0.1, -0.05) is 84.4 Å². The number of sulfonamides is 1. The first-order valence-electron chi connectivity index (χ1n) is 18.4. The number of nitrogens with one attached hydrogen (secondary N) is 1. The molecule has 0 radical (unpaired) electrons. The zero-order chi connectivity index (χ0) is 39.1. The summed E-state index contributed by atoms with van der Waals surface area (Å²) in [4.78, 5) is 45.1. The number of likely N-dealkylation sites (tertiary alicyclic amines) is 1. The number of rotatable bonds is 8. The van der Waals surface area contributed by atoms with Crippen LogP contribution in [0.4, 0.5) is 0 Å². The number of aromatic nitrogens is 1. The lowest BCUT2D eigenvalue weighted by atomic mass is 9.69. The lowest BCUT2D eigenvalue weighted by molar-refractivity contribution is -0.193. The first-order chi connectivity index (χ1) is 26.8. The van der Waals surface area contributed by atoms with Crippen LogP contribution in [-0.4, -0.2) is 96.7 Å². The van der Waals surface area contributed by atoms with Crippen LogP contribution in [0.3, 0.4) is 0 Å². The van der Waals surface area contributed by atoms with Crippen LogP contribution in [0.1, 0.15) is 24.8 Å². The van der Waals surface area contributed by atoms with Crippen LogP contribution in [0.2, 0.25) is 5.02 Å². The molecule has 9 rings (SSSR count). The average Bonchev–Trinajstić information content (AvgIpc) is 3.81. The van der Waals surface area contributed by atoms with Gasteiger partial charge in [-0.25, -0.2) is 20.8 Å². The lowest BCUT2D eigenvalue weighted by Gasteiger charge is -2.48. The molecule has 4 saturated heterocycles. The molecule has 3 unspecified atom stereocenters. The molecule has 3 amide bonds. The van der Waals surface area contributed by atoms with E-state index in [1.165, 1.54) is 48.5 Å². The number of hydrogen-bond donors (Lipinski definition) is 1. The second kappa shape index (κ2) is 13.2. The van der Waals surface area contributed by atoms with Gasteiger partial charge in [-0.05, 0) is 54.8 Å². The Bertz CT molecular complexity index is 2570. The number of ether oxygens (including phenoxy) is 1. The smallest absolute Gasteiger partial charge is 0.269 e. The number of benzene rings is 3. The Labute approximate surface area is 329 Å². The quantitative estimate of drug-likeness (QED) is 0.261. The SMILES string of the molecule is O=C1NC(=O)C2(CC34CN(S(=O)(=O)c5cc6cc(Cl)ccc6n5S(=O)(=O)c5ccccc5)CC(=O)N3CC3(CCN(Cc5ccccc5)CC3)O4)C=CC=CC12. The summed E-state index contributed by atoms with van der Waals surface area (Å²) in [7, 11) is -9.31. The number of carbonyl (C=O) groups excluding carboxylic acids is 3. The third-order valence-corrected chi connectivity index (χ3v) is 15.7. The molecule has 4 aromatic rings. The molecule has 1 N–H and O–H groups in total. The van der Waals surface area contributed by atoms with E-state index >= 15 is 8.42 Å². The second-order valence-electron chi connectivity index (χ2n) is 15.3. The van der Waals surface area contributed by atoms with E-state index < -0.39 is 78.5 Å². The third kappa shape index (κ3) is 5.86. The van der Waals surface area contributed by atoms with Crippen molar-refractivity contribution < 1.29 is 36.0 Å². The Morgan fingerprint density at radius 2 is 1.55 bits per heavy atom. The Morgan fingerprint density at radius 3 is 2.29 bits per heavy atom. The van der Waals surface area contributed by atoms with E-state index in [1.54, 1.807) is 35.3 Å². The zero-order valence-electron chi connectivity index (χ0n) is 30.1. The molecule has 4 aliphatic heterocycles. The third-order valence-electron chi connectivity index (χ3n) is 11.8. The van der Waals surface area contributed by atoms with Crippen molar-refractivity contribution in [3.8, 4) is 0 Å². The van der Waals surface area contributed by atoms with Crippen molar-refractivity contribution in [1.82, 2.24) is 23.4 Å². The molecule has 3 aromatic carbocycles. The number of hydrogen-bond acceptors (Lipinski definition) is 9. The molecule has 1 aliphatic carbocycles. The predicted molar refractivity (Wildman–Crippen MR) is 206 cm³/mol.